The normalized spacial score (nSPS) is 15.0. The summed E-state index contributed by atoms with van der Waals surface area (Å²) in [6.07, 6.45) is 3.30. The van der Waals surface area contributed by atoms with Crippen LogP contribution in [0.2, 0.25) is 0 Å². The van der Waals surface area contributed by atoms with E-state index in [1.807, 2.05) is 18.2 Å². The molecule has 11 nitrogen and oxygen atoms in total. The number of nitrogens with one attached hydrogen (secondary N) is 2. The molecule has 12 heteroatoms. The van der Waals surface area contributed by atoms with Gasteiger partial charge in [0.1, 0.15) is 17.6 Å². The molecule has 188 valence electrons. The highest BCUT2D eigenvalue weighted by atomic mass is 19.1. The molecular formula is C25H22FN7O4. The van der Waals surface area contributed by atoms with E-state index in [0.717, 1.165) is 0 Å². The van der Waals surface area contributed by atoms with E-state index < -0.39 is 23.9 Å². The Balaban J connectivity index is 1.23. The second-order valence-electron chi connectivity index (χ2n) is 8.39. The molecule has 1 saturated heterocycles. The number of amides is 3. The first kappa shape index (κ1) is 23.9. The third-order valence-electron chi connectivity index (χ3n) is 5.72. The zero-order chi connectivity index (χ0) is 25.9. The molecular weight excluding hydrogens is 481 g/mol. The van der Waals surface area contributed by atoms with Crippen LogP contribution in [0.25, 0.3) is 16.7 Å². The Hall–Kier alpha value is -4.87. The lowest BCUT2D eigenvalue weighted by Gasteiger charge is -2.14. The summed E-state index contributed by atoms with van der Waals surface area (Å²) in [6, 6.07) is 11.6. The van der Waals surface area contributed by atoms with Gasteiger partial charge < -0.3 is 19.9 Å². The topological polar surface area (TPSA) is 131 Å². The van der Waals surface area contributed by atoms with Crippen molar-refractivity contribution < 1.29 is 23.5 Å². The van der Waals surface area contributed by atoms with E-state index in [9.17, 15) is 18.8 Å². The van der Waals surface area contributed by atoms with E-state index in [-0.39, 0.29) is 36.9 Å². The fourth-order valence-corrected chi connectivity index (χ4v) is 3.88. The van der Waals surface area contributed by atoms with Gasteiger partial charge in [-0.1, -0.05) is 12.1 Å². The molecule has 1 aliphatic rings. The quantitative estimate of drug-likeness (QED) is 0.396. The summed E-state index contributed by atoms with van der Waals surface area (Å²) in [7, 11) is 0. The van der Waals surface area contributed by atoms with Crippen molar-refractivity contribution in [3.8, 4) is 5.69 Å². The molecule has 0 aliphatic carbocycles. The van der Waals surface area contributed by atoms with E-state index in [1.165, 1.54) is 41.0 Å². The minimum Gasteiger partial charge on any atom is -0.442 e. The Labute approximate surface area is 210 Å². The van der Waals surface area contributed by atoms with Crippen molar-refractivity contribution >= 4 is 34.6 Å². The minimum absolute atomic E-state index is 0.106. The number of hydrogen-bond acceptors (Lipinski definition) is 7. The molecule has 0 saturated carbocycles. The lowest BCUT2D eigenvalue weighted by molar-refractivity contribution is -0.119. The molecule has 0 unspecified atom stereocenters. The van der Waals surface area contributed by atoms with Gasteiger partial charge in [0.15, 0.2) is 0 Å². The average Bonchev–Trinajstić information content (AvgIpc) is 3.52. The van der Waals surface area contributed by atoms with Gasteiger partial charge in [-0.05, 0) is 30.3 Å². The van der Waals surface area contributed by atoms with Crippen LogP contribution >= 0.6 is 0 Å². The number of anilines is 1. The molecule has 0 bridgehead atoms. The molecule has 1 aliphatic heterocycles. The summed E-state index contributed by atoms with van der Waals surface area (Å²) < 4.78 is 21.7. The van der Waals surface area contributed by atoms with E-state index in [1.54, 1.807) is 18.3 Å². The lowest BCUT2D eigenvalue weighted by atomic mass is 10.2. The monoisotopic (exact) mass is 503 g/mol. The first-order valence-electron chi connectivity index (χ1n) is 11.4. The average molecular weight is 503 g/mol. The van der Waals surface area contributed by atoms with Crippen LogP contribution in [0, 0.1) is 5.82 Å². The van der Waals surface area contributed by atoms with Gasteiger partial charge in [-0.2, -0.15) is 0 Å². The second-order valence-corrected chi connectivity index (χ2v) is 8.39. The summed E-state index contributed by atoms with van der Waals surface area (Å²) in [5.41, 5.74) is 2.55. The fraction of sp³-hybridized carbons (Fsp3) is 0.200. The van der Waals surface area contributed by atoms with Crippen molar-refractivity contribution in [2.24, 2.45) is 0 Å². The number of nitrogens with zero attached hydrogens (tertiary/aromatic N) is 5. The van der Waals surface area contributed by atoms with Crippen molar-refractivity contribution in [3.63, 3.8) is 0 Å². The fourth-order valence-electron chi connectivity index (χ4n) is 3.88. The zero-order valence-electron chi connectivity index (χ0n) is 19.7. The summed E-state index contributed by atoms with van der Waals surface area (Å²) in [5.74, 6) is -1.21. The molecule has 2 aromatic carbocycles. The highest BCUT2D eigenvalue weighted by molar-refractivity contribution is 5.93. The molecule has 1 fully saturated rings. The Morgan fingerprint density at radius 3 is 2.73 bits per heavy atom. The lowest BCUT2D eigenvalue weighted by Crippen LogP contribution is -2.33. The van der Waals surface area contributed by atoms with Crippen LogP contribution < -0.4 is 15.5 Å². The number of fused-ring (bicyclic) bond motifs is 1. The molecule has 0 spiro atoms. The van der Waals surface area contributed by atoms with Crippen LogP contribution in [0.5, 0.6) is 0 Å². The van der Waals surface area contributed by atoms with Gasteiger partial charge in [0.05, 0.1) is 60.3 Å². The van der Waals surface area contributed by atoms with Crippen LogP contribution in [0.1, 0.15) is 23.1 Å². The number of rotatable bonds is 7. The SMILES string of the molecule is CC(=O)NC[C@H]1CN(c2ccc(-n3cnc(CNC(=O)c4cnc5ccccc5n4)c3)c(F)c2)C(=O)O1. The summed E-state index contributed by atoms with van der Waals surface area (Å²) in [5, 5.41) is 5.33. The van der Waals surface area contributed by atoms with E-state index in [2.05, 4.69) is 25.6 Å². The predicted octanol–water partition coefficient (Wildman–Crippen LogP) is 2.35. The molecule has 3 amide bonds. The van der Waals surface area contributed by atoms with E-state index in [0.29, 0.717) is 22.4 Å². The van der Waals surface area contributed by atoms with Gasteiger partial charge in [0.25, 0.3) is 5.91 Å². The molecule has 37 heavy (non-hydrogen) atoms. The number of cyclic esters (lactones) is 1. The predicted molar refractivity (Wildman–Crippen MR) is 131 cm³/mol. The first-order chi connectivity index (χ1) is 17.9. The Bertz CT molecular complexity index is 1510. The molecule has 1 atom stereocenters. The zero-order valence-corrected chi connectivity index (χ0v) is 19.7. The van der Waals surface area contributed by atoms with Crippen LogP contribution in [-0.2, 0) is 16.1 Å². The highest BCUT2D eigenvalue weighted by Gasteiger charge is 2.32. The van der Waals surface area contributed by atoms with Crippen molar-refractivity contribution in [2.75, 3.05) is 18.0 Å². The van der Waals surface area contributed by atoms with Crippen LogP contribution in [0.4, 0.5) is 14.9 Å². The van der Waals surface area contributed by atoms with Gasteiger partial charge in [0, 0.05) is 13.1 Å². The van der Waals surface area contributed by atoms with Crippen LogP contribution in [-0.4, -0.2) is 56.6 Å². The number of para-hydroxylation sites is 2. The smallest absolute Gasteiger partial charge is 0.414 e. The Morgan fingerprint density at radius 1 is 1.14 bits per heavy atom. The van der Waals surface area contributed by atoms with Gasteiger partial charge in [-0.25, -0.2) is 19.2 Å². The number of benzene rings is 2. The second kappa shape index (κ2) is 10.0. The van der Waals surface area contributed by atoms with Gasteiger partial charge in [0.2, 0.25) is 5.91 Å². The largest absolute Gasteiger partial charge is 0.442 e. The third kappa shape index (κ3) is 5.22. The standard InChI is InChI=1S/C25H22FN7O4/c1-15(34)27-10-18-13-33(25(36)37-18)17-6-7-23(19(26)8-17)32-12-16(30-14-32)9-29-24(35)22-11-28-20-4-2-3-5-21(20)31-22/h2-8,11-12,14,18H,9-10,13H2,1H3,(H,27,34)(H,29,35)/t18-/m0/s1. The van der Waals surface area contributed by atoms with Gasteiger partial charge in [-0.3, -0.25) is 19.5 Å². The van der Waals surface area contributed by atoms with Crippen molar-refractivity contribution in [2.45, 2.75) is 19.6 Å². The summed E-state index contributed by atoms with van der Waals surface area (Å²) in [6.45, 7) is 1.85. The first-order valence-corrected chi connectivity index (χ1v) is 11.4. The maximum absolute atomic E-state index is 15.0. The molecule has 3 heterocycles. The molecule has 2 N–H and O–H groups in total. The Morgan fingerprint density at radius 2 is 1.95 bits per heavy atom. The number of aromatic nitrogens is 4. The minimum atomic E-state index is -0.612. The van der Waals surface area contributed by atoms with Crippen LogP contribution in [0.15, 0.2) is 61.2 Å². The number of carbonyl (C=O) groups is 3. The Kier molecular flexibility index (Phi) is 6.45. The number of halogens is 1. The number of carbonyl (C=O) groups excluding carboxylic acids is 3. The van der Waals surface area contributed by atoms with Crippen molar-refractivity contribution in [1.82, 2.24) is 30.2 Å². The molecule has 5 rings (SSSR count). The molecule has 0 radical (unpaired) electrons. The maximum atomic E-state index is 15.0. The summed E-state index contributed by atoms with van der Waals surface area (Å²) in [4.78, 5) is 49.9. The van der Waals surface area contributed by atoms with Gasteiger partial charge >= 0.3 is 6.09 Å². The molecule has 2 aromatic heterocycles. The maximum Gasteiger partial charge on any atom is 0.414 e. The highest BCUT2D eigenvalue weighted by Crippen LogP contribution is 2.25. The number of hydrogen-bond donors (Lipinski definition) is 2. The van der Waals surface area contributed by atoms with Crippen molar-refractivity contribution in [3.05, 3.63) is 78.4 Å². The van der Waals surface area contributed by atoms with E-state index >= 15 is 0 Å². The number of imidazole rings is 1. The number of ether oxygens (including phenoxy) is 1. The van der Waals surface area contributed by atoms with Crippen LogP contribution in [0.3, 0.4) is 0 Å². The van der Waals surface area contributed by atoms with E-state index in [4.69, 9.17) is 4.74 Å². The van der Waals surface area contributed by atoms with Crippen molar-refractivity contribution in [1.29, 1.82) is 0 Å². The molecule has 4 aromatic rings. The van der Waals surface area contributed by atoms with Gasteiger partial charge in [-0.15, -0.1) is 0 Å². The summed E-state index contributed by atoms with van der Waals surface area (Å²) >= 11 is 0. The third-order valence-corrected chi connectivity index (χ3v) is 5.72.